The lowest BCUT2D eigenvalue weighted by atomic mass is 10.0. The van der Waals surface area contributed by atoms with E-state index in [1.165, 1.54) is 19.4 Å². The molecular weight excluding hydrogens is 384 g/mol. The molecule has 1 aromatic heterocycles. The Morgan fingerprint density at radius 2 is 1.69 bits per heavy atom. The van der Waals surface area contributed by atoms with Crippen molar-refractivity contribution in [1.82, 2.24) is 25.9 Å². The van der Waals surface area contributed by atoms with E-state index in [1.54, 1.807) is 13.8 Å². The van der Waals surface area contributed by atoms with Crippen LogP contribution in [0, 0.1) is 5.92 Å². The van der Waals surface area contributed by atoms with Gasteiger partial charge in [-0.1, -0.05) is 13.8 Å². The zero-order chi connectivity index (χ0) is 22.1. The minimum absolute atomic E-state index is 0.0125. The second-order valence-corrected chi connectivity index (χ2v) is 6.94. The number of amides is 3. The van der Waals surface area contributed by atoms with Crippen LogP contribution in [0.1, 0.15) is 26.5 Å². The second-order valence-electron chi connectivity index (χ2n) is 6.94. The topological polar surface area (TPSA) is 200 Å². The van der Waals surface area contributed by atoms with Crippen LogP contribution < -0.4 is 21.7 Å². The monoisotopic (exact) mass is 412 g/mol. The molecule has 29 heavy (non-hydrogen) atoms. The lowest BCUT2D eigenvalue weighted by Crippen LogP contribution is -2.59. The number of nitrogens with one attached hydrogen (secondary N) is 4. The van der Waals surface area contributed by atoms with Crippen LogP contribution in [0.3, 0.4) is 0 Å². The molecule has 8 N–H and O–H groups in total. The summed E-state index contributed by atoms with van der Waals surface area (Å²) in [5, 5.41) is 25.4. The number of aliphatic hydroxyl groups is 1. The molecule has 0 spiro atoms. The molecule has 1 heterocycles. The molecule has 0 saturated heterocycles. The van der Waals surface area contributed by atoms with Crippen molar-refractivity contribution in [2.24, 2.45) is 11.7 Å². The number of nitrogens with two attached hydrogens (primary N) is 1. The number of carbonyl (C=O) groups is 4. The van der Waals surface area contributed by atoms with E-state index in [4.69, 9.17) is 15.9 Å². The Morgan fingerprint density at radius 3 is 2.14 bits per heavy atom. The molecule has 0 aliphatic heterocycles. The smallest absolute Gasteiger partial charge is 0.328 e. The summed E-state index contributed by atoms with van der Waals surface area (Å²) >= 11 is 0. The highest BCUT2D eigenvalue weighted by molar-refractivity contribution is 5.94. The van der Waals surface area contributed by atoms with Gasteiger partial charge in [-0.3, -0.25) is 14.4 Å². The van der Waals surface area contributed by atoms with Crippen LogP contribution in [-0.2, 0) is 25.6 Å². The fourth-order valence-electron chi connectivity index (χ4n) is 2.36. The predicted octanol–water partition coefficient (Wildman–Crippen LogP) is -2.51. The number of carbonyl (C=O) groups excluding carboxylic acids is 3. The van der Waals surface area contributed by atoms with Crippen LogP contribution >= 0.6 is 0 Å². The zero-order valence-electron chi connectivity index (χ0n) is 16.5. The fraction of sp³-hybridized carbons (Fsp3) is 0.588. The number of imidazole rings is 1. The van der Waals surface area contributed by atoms with Gasteiger partial charge in [0, 0.05) is 18.3 Å². The van der Waals surface area contributed by atoms with Gasteiger partial charge >= 0.3 is 5.97 Å². The van der Waals surface area contributed by atoms with Crippen molar-refractivity contribution in [2.75, 3.05) is 6.61 Å². The summed E-state index contributed by atoms with van der Waals surface area (Å²) in [4.78, 5) is 54.9. The Balaban J connectivity index is 2.99. The maximum atomic E-state index is 12.7. The number of aliphatic hydroxyl groups excluding tert-OH is 1. The van der Waals surface area contributed by atoms with E-state index in [2.05, 4.69) is 25.9 Å². The number of rotatable bonds is 11. The molecule has 0 saturated carbocycles. The molecule has 12 nitrogen and oxygen atoms in total. The fourth-order valence-corrected chi connectivity index (χ4v) is 2.36. The van der Waals surface area contributed by atoms with Gasteiger partial charge in [0.25, 0.3) is 0 Å². The molecule has 0 aromatic carbocycles. The number of aromatic nitrogens is 2. The summed E-state index contributed by atoms with van der Waals surface area (Å²) < 4.78 is 0. The Kier molecular flexibility index (Phi) is 9.22. The van der Waals surface area contributed by atoms with Crippen molar-refractivity contribution in [1.29, 1.82) is 0 Å². The van der Waals surface area contributed by atoms with Crippen molar-refractivity contribution < 1.29 is 29.4 Å². The Hall–Kier alpha value is -2.99. The third kappa shape index (κ3) is 7.50. The van der Waals surface area contributed by atoms with E-state index in [0.717, 1.165) is 0 Å². The van der Waals surface area contributed by atoms with Gasteiger partial charge in [0.15, 0.2) is 0 Å². The second kappa shape index (κ2) is 11.1. The molecule has 4 unspecified atom stereocenters. The van der Waals surface area contributed by atoms with Crippen molar-refractivity contribution >= 4 is 23.7 Å². The molecule has 1 rings (SSSR count). The summed E-state index contributed by atoms with van der Waals surface area (Å²) in [6.45, 7) is 4.08. The third-order valence-electron chi connectivity index (χ3n) is 4.07. The number of aromatic amines is 1. The van der Waals surface area contributed by atoms with E-state index in [1.807, 2.05) is 0 Å². The summed E-state index contributed by atoms with van der Waals surface area (Å²) in [6, 6.07) is -4.49. The largest absolute Gasteiger partial charge is 0.480 e. The van der Waals surface area contributed by atoms with Crippen LogP contribution in [-0.4, -0.2) is 74.6 Å². The number of carboxylic acid groups (broad SMARTS) is 1. The Bertz CT molecular complexity index is 705. The maximum Gasteiger partial charge on any atom is 0.328 e. The van der Waals surface area contributed by atoms with Crippen molar-refractivity contribution in [3.8, 4) is 0 Å². The van der Waals surface area contributed by atoms with E-state index in [-0.39, 0.29) is 12.3 Å². The summed E-state index contributed by atoms with van der Waals surface area (Å²) in [6.07, 6.45) is 2.83. The first-order valence-corrected chi connectivity index (χ1v) is 9.04. The third-order valence-corrected chi connectivity index (χ3v) is 4.07. The van der Waals surface area contributed by atoms with E-state index in [0.29, 0.717) is 5.69 Å². The van der Waals surface area contributed by atoms with Crippen molar-refractivity contribution in [3.63, 3.8) is 0 Å². The number of hydrogen-bond acceptors (Lipinski definition) is 7. The first kappa shape index (κ1) is 24.0. The standard InChI is InChI=1S/C17H28N6O6/c1-8(2)13(23-14(25)9(3)18)16(27)21-11(4-10-5-19-7-20-10)15(26)22-12(6-24)17(28)29/h5,7-9,11-13,24H,4,6,18H2,1-3H3,(H,19,20)(H,21,27)(H,22,26)(H,23,25)(H,28,29). The highest BCUT2D eigenvalue weighted by Gasteiger charge is 2.31. The molecule has 0 bridgehead atoms. The number of H-pyrrole nitrogens is 1. The SMILES string of the molecule is CC(N)C(=O)NC(C(=O)NC(Cc1cnc[nH]1)C(=O)NC(CO)C(=O)O)C(C)C. The highest BCUT2D eigenvalue weighted by atomic mass is 16.4. The van der Waals surface area contributed by atoms with E-state index >= 15 is 0 Å². The molecule has 0 aliphatic rings. The van der Waals surface area contributed by atoms with Gasteiger partial charge in [0.05, 0.1) is 19.0 Å². The molecule has 0 fully saturated rings. The quantitative estimate of drug-likeness (QED) is 0.206. The van der Waals surface area contributed by atoms with Gasteiger partial charge in [-0.15, -0.1) is 0 Å². The van der Waals surface area contributed by atoms with Gasteiger partial charge in [0.2, 0.25) is 17.7 Å². The Labute approximate surface area is 167 Å². The molecule has 0 radical (unpaired) electrons. The first-order valence-electron chi connectivity index (χ1n) is 9.04. The van der Waals surface area contributed by atoms with Crippen LogP contribution in [0.25, 0.3) is 0 Å². The van der Waals surface area contributed by atoms with Gasteiger partial charge in [-0.05, 0) is 12.8 Å². The predicted molar refractivity (Wildman–Crippen MR) is 101 cm³/mol. The zero-order valence-corrected chi connectivity index (χ0v) is 16.5. The number of aliphatic carboxylic acids is 1. The van der Waals surface area contributed by atoms with Crippen LogP contribution in [0.15, 0.2) is 12.5 Å². The Morgan fingerprint density at radius 1 is 1.07 bits per heavy atom. The van der Waals surface area contributed by atoms with Gasteiger partial charge < -0.3 is 36.9 Å². The summed E-state index contributed by atoms with van der Waals surface area (Å²) in [5.41, 5.74) is 6.04. The normalized spacial score (nSPS) is 15.1. The molecule has 4 atom stereocenters. The minimum atomic E-state index is -1.53. The number of carboxylic acids is 1. The maximum absolute atomic E-state index is 12.7. The van der Waals surface area contributed by atoms with E-state index < -0.39 is 54.5 Å². The van der Waals surface area contributed by atoms with Gasteiger partial charge in [-0.2, -0.15) is 0 Å². The van der Waals surface area contributed by atoms with Crippen LogP contribution in [0.4, 0.5) is 0 Å². The van der Waals surface area contributed by atoms with Crippen molar-refractivity contribution in [2.45, 2.75) is 51.4 Å². The highest BCUT2D eigenvalue weighted by Crippen LogP contribution is 2.06. The van der Waals surface area contributed by atoms with Crippen molar-refractivity contribution in [3.05, 3.63) is 18.2 Å². The van der Waals surface area contributed by atoms with E-state index in [9.17, 15) is 19.2 Å². The van der Waals surface area contributed by atoms with Gasteiger partial charge in [-0.25, -0.2) is 9.78 Å². The minimum Gasteiger partial charge on any atom is -0.480 e. The molecule has 3 amide bonds. The molecule has 12 heteroatoms. The number of nitrogens with zero attached hydrogens (tertiary/aromatic N) is 1. The molecule has 162 valence electrons. The average Bonchev–Trinajstić information content (AvgIpc) is 3.15. The molecule has 0 aliphatic carbocycles. The van der Waals surface area contributed by atoms with Crippen LogP contribution in [0.5, 0.6) is 0 Å². The summed E-state index contributed by atoms with van der Waals surface area (Å²) in [5.74, 6) is -3.70. The molecule has 1 aromatic rings. The molecular formula is C17H28N6O6. The average molecular weight is 412 g/mol. The van der Waals surface area contributed by atoms with Crippen LogP contribution in [0.2, 0.25) is 0 Å². The lowest BCUT2D eigenvalue weighted by Gasteiger charge is -2.26. The summed E-state index contributed by atoms with van der Waals surface area (Å²) in [7, 11) is 0. The lowest BCUT2D eigenvalue weighted by molar-refractivity contribution is -0.143. The first-order chi connectivity index (χ1) is 13.6. The van der Waals surface area contributed by atoms with Gasteiger partial charge in [0.1, 0.15) is 18.1 Å². The number of hydrogen-bond donors (Lipinski definition) is 7.